The highest BCUT2D eigenvalue weighted by molar-refractivity contribution is 8.13. The van der Waals surface area contributed by atoms with Crippen molar-refractivity contribution in [2.75, 3.05) is 25.6 Å². The van der Waals surface area contributed by atoms with Gasteiger partial charge in [-0.1, -0.05) is 84.2 Å². The predicted octanol–water partition coefficient (Wildman–Crippen LogP) is 4.19. The first-order valence-corrected chi connectivity index (χ1v) is 12.5. The summed E-state index contributed by atoms with van der Waals surface area (Å²) in [6.45, 7) is 0.684. The lowest BCUT2D eigenvalue weighted by molar-refractivity contribution is -0.125. The van der Waals surface area contributed by atoms with E-state index < -0.39 is 0 Å². The lowest BCUT2D eigenvalue weighted by Gasteiger charge is -2.22. The van der Waals surface area contributed by atoms with Gasteiger partial charge in [0.2, 0.25) is 0 Å². The second kappa shape index (κ2) is 10.0. The van der Waals surface area contributed by atoms with Crippen LogP contribution in [-0.2, 0) is 9.59 Å². The number of hydrogen-bond acceptors (Lipinski definition) is 6. The molecule has 4 rings (SSSR count). The molecular weight excluding hydrogens is 440 g/mol. The van der Waals surface area contributed by atoms with Crippen molar-refractivity contribution in [3.8, 4) is 0 Å². The fraction of sp³-hybridized carbons (Fsp3) is 0.167. The van der Waals surface area contributed by atoms with Crippen LogP contribution in [0, 0.1) is 0 Å². The molecule has 0 saturated heterocycles. The van der Waals surface area contributed by atoms with Gasteiger partial charge in [0, 0.05) is 13.1 Å². The number of carbonyl (C=O) groups excluding carboxylic acids is 2. The number of hydrogen-bond donors (Lipinski definition) is 0. The van der Waals surface area contributed by atoms with Crippen LogP contribution in [0.25, 0.3) is 12.2 Å². The Bertz CT molecular complexity index is 1050. The van der Waals surface area contributed by atoms with Crippen molar-refractivity contribution < 1.29 is 9.59 Å². The first-order valence-electron chi connectivity index (χ1n) is 10.0. The van der Waals surface area contributed by atoms with E-state index in [9.17, 15) is 9.59 Å². The number of thioether (sulfide) groups is 2. The molecule has 0 unspecified atom stereocenters. The quantitative estimate of drug-likeness (QED) is 0.625. The molecule has 0 bridgehead atoms. The molecule has 6 nitrogen and oxygen atoms in total. The van der Waals surface area contributed by atoms with Gasteiger partial charge in [-0.3, -0.25) is 19.4 Å². The summed E-state index contributed by atoms with van der Waals surface area (Å²) in [5, 5.41) is 1.26. The average molecular weight is 463 g/mol. The summed E-state index contributed by atoms with van der Waals surface area (Å²) in [6.07, 6.45) is 7.35. The highest BCUT2D eigenvalue weighted by atomic mass is 32.2. The normalized spacial score (nSPS) is 18.7. The monoisotopic (exact) mass is 462 g/mol. The SMILES string of the molecule is CSC1=N/C(=C\c2ccccc2)C(=O)N1CCN1C(=O)/C(=C/c2ccccc2)N=C1SC. The van der Waals surface area contributed by atoms with Crippen molar-refractivity contribution in [3.63, 3.8) is 0 Å². The molecule has 2 aliphatic heterocycles. The molecule has 2 heterocycles. The van der Waals surface area contributed by atoms with Gasteiger partial charge in [-0.2, -0.15) is 0 Å². The van der Waals surface area contributed by atoms with E-state index in [1.165, 1.54) is 23.5 Å². The van der Waals surface area contributed by atoms with Crippen molar-refractivity contribution in [1.82, 2.24) is 9.80 Å². The molecule has 2 aromatic carbocycles. The molecule has 0 N–H and O–H groups in total. The maximum absolute atomic E-state index is 13.0. The van der Waals surface area contributed by atoms with E-state index in [2.05, 4.69) is 9.98 Å². The van der Waals surface area contributed by atoms with E-state index in [1.807, 2.05) is 73.2 Å². The van der Waals surface area contributed by atoms with Gasteiger partial charge >= 0.3 is 0 Å². The molecular formula is C24H22N4O2S2. The summed E-state index contributed by atoms with van der Waals surface area (Å²) < 4.78 is 0. The Morgan fingerprint density at radius 3 is 1.41 bits per heavy atom. The molecule has 0 saturated carbocycles. The third-order valence-electron chi connectivity index (χ3n) is 4.94. The van der Waals surface area contributed by atoms with Crippen LogP contribution in [0.4, 0.5) is 0 Å². The highest BCUT2D eigenvalue weighted by Gasteiger charge is 2.34. The van der Waals surface area contributed by atoms with Crippen molar-refractivity contribution in [1.29, 1.82) is 0 Å². The van der Waals surface area contributed by atoms with Crippen LogP contribution in [0.5, 0.6) is 0 Å². The fourth-order valence-corrected chi connectivity index (χ4v) is 4.55. The lowest BCUT2D eigenvalue weighted by atomic mass is 10.2. The molecule has 0 radical (unpaired) electrons. The molecule has 0 aliphatic carbocycles. The van der Waals surface area contributed by atoms with Gasteiger partial charge in [0.05, 0.1) is 0 Å². The zero-order valence-electron chi connectivity index (χ0n) is 17.8. The summed E-state index contributed by atoms with van der Waals surface area (Å²) in [5.41, 5.74) is 2.64. The zero-order valence-corrected chi connectivity index (χ0v) is 19.4. The van der Waals surface area contributed by atoms with E-state index >= 15 is 0 Å². The number of amides is 2. The number of benzene rings is 2. The minimum Gasteiger partial charge on any atom is -0.284 e. The number of amidine groups is 2. The number of rotatable bonds is 5. The summed E-state index contributed by atoms with van der Waals surface area (Å²) in [5.74, 6) is -0.319. The Hall–Kier alpha value is -3.10. The second-order valence-corrected chi connectivity index (χ2v) is 8.54. The first kappa shape index (κ1) is 22.1. The van der Waals surface area contributed by atoms with E-state index in [0.717, 1.165) is 11.1 Å². The van der Waals surface area contributed by atoms with Gasteiger partial charge in [0.25, 0.3) is 11.8 Å². The van der Waals surface area contributed by atoms with Crippen molar-refractivity contribution in [3.05, 3.63) is 83.2 Å². The van der Waals surface area contributed by atoms with E-state index in [0.29, 0.717) is 34.8 Å². The lowest BCUT2D eigenvalue weighted by Crippen LogP contribution is -2.41. The van der Waals surface area contributed by atoms with E-state index in [4.69, 9.17) is 0 Å². The maximum Gasteiger partial charge on any atom is 0.278 e. The van der Waals surface area contributed by atoms with Crippen LogP contribution in [0.1, 0.15) is 11.1 Å². The molecule has 0 spiro atoms. The highest BCUT2D eigenvalue weighted by Crippen LogP contribution is 2.25. The van der Waals surface area contributed by atoms with Gasteiger partial charge in [-0.15, -0.1) is 0 Å². The first-order chi connectivity index (χ1) is 15.6. The van der Waals surface area contributed by atoms with E-state index in [-0.39, 0.29) is 11.8 Å². The molecule has 2 aliphatic rings. The van der Waals surface area contributed by atoms with Gasteiger partial charge in [0.15, 0.2) is 10.3 Å². The van der Waals surface area contributed by atoms with Gasteiger partial charge in [0.1, 0.15) is 11.4 Å². The Labute approximate surface area is 195 Å². The third kappa shape index (κ3) is 4.71. The van der Waals surface area contributed by atoms with Gasteiger partial charge in [-0.05, 0) is 35.8 Å². The number of carbonyl (C=O) groups is 2. The van der Waals surface area contributed by atoms with Gasteiger partial charge < -0.3 is 0 Å². The fourth-order valence-electron chi connectivity index (χ4n) is 3.38. The molecule has 8 heteroatoms. The van der Waals surface area contributed by atoms with Crippen molar-refractivity contribution in [2.24, 2.45) is 9.98 Å². The van der Waals surface area contributed by atoms with Crippen molar-refractivity contribution in [2.45, 2.75) is 0 Å². The molecule has 0 fully saturated rings. The van der Waals surface area contributed by atoms with Gasteiger partial charge in [-0.25, -0.2) is 9.98 Å². The van der Waals surface area contributed by atoms with E-state index in [1.54, 1.807) is 22.0 Å². The van der Waals surface area contributed by atoms with Crippen molar-refractivity contribution >= 4 is 57.8 Å². The Balaban J connectivity index is 1.49. The van der Waals surface area contributed by atoms with Crippen LogP contribution in [0.2, 0.25) is 0 Å². The summed E-state index contributed by atoms with van der Waals surface area (Å²) in [4.78, 5) is 38.3. The topological polar surface area (TPSA) is 65.3 Å². The minimum atomic E-state index is -0.160. The molecule has 0 atom stereocenters. The maximum atomic E-state index is 13.0. The van der Waals surface area contributed by atoms with Crippen LogP contribution < -0.4 is 0 Å². The summed E-state index contributed by atoms with van der Waals surface area (Å²) >= 11 is 2.83. The Morgan fingerprint density at radius 2 is 1.06 bits per heavy atom. The largest absolute Gasteiger partial charge is 0.284 e. The van der Waals surface area contributed by atoms with Crippen LogP contribution >= 0.6 is 23.5 Å². The molecule has 2 aromatic rings. The predicted molar refractivity (Wildman–Crippen MR) is 134 cm³/mol. The Morgan fingerprint density at radius 1 is 0.688 bits per heavy atom. The molecule has 32 heavy (non-hydrogen) atoms. The third-order valence-corrected chi connectivity index (χ3v) is 6.29. The minimum absolute atomic E-state index is 0.160. The Kier molecular flexibility index (Phi) is 6.92. The number of nitrogens with zero attached hydrogens (tertiary/aromatic N) is 4. The standard InChI is InChI=1S/C24H22N4O2S2/c1-31-23-25-19(15-17-9-5-3-6-10-17)21(29)27(23)13-14-28-22(30)20(26-24(28)32-2)16-18-11-7-4-8-12-18/h3-12,15-16H,13-14H2,1-2H3/b19-15-,20-16-. The van der Waals surface area contributed by atoms with Crippen LogP contribution in [0.15, 0.2) is 82.0 Å². The number of aliphatic imine (C=N–C) groups is 2. The van der Waals surface area contributed by atoms with Crippen LogP contribution in [0.3, 0.4) is 0 Å². The zero-order chi connectivity index (χ0) is 22.5. The summed E-state index contributed by atoms with van der Waals surface area (Å²) in [6, 6.07) is 19.3. The smallest absolute Gasteiger partial charge is 0.278 e. The average Bonchev–Trinajstić information content (AvgIpc) is 3.29. The molecule has 2 amide bonds. The summed E-state index contributed by atoms with van der Waals surface area (Å²) in [7, 11) is 0. The van der Waals surface area contributed by atoms with Crippen LogP contribution in [-0.4, -0.2) is 57.6 Å². The molecule has 162 valence electrons. The second-order valence-electron chi connectivity index (χ2n) is 6.99. The molecule has 0 aromatic heterocycles.